The first-order valence-electron chi connectivity index (χ1n) is 8.35. The molecule has 2 aromatic heterocycles. The fourth-order valence-electron chi connectivity index (χ4n) is 3.04. The van der Waals surface area contributed by atoms with Crippen LogP contribution >= 0.6 is 11.3 Å². The first kappa shape index (κ1) is 16.1. The Hall–Kier alpha value is -2.38. The summed E-state index contributed by atoms with van der Waals surface area (Å²) in [6.07, 6.45) is 9.47. The zero-order valence-corrected chi connectivity index (χ0v) is 14.5. The molecule has 0 unspecified atom stereocenters. The normalized spacial score (nSPS) is 14.9. The monoisotopic (exact) mass is 354 g/mol. The molecule has 0 radical (unpaired) electrons. The average molecular weight is 354 g/mol. The van der Waals surface area contributed by atoms with E-state index in [1.54, 1.807) is 0 Å². The van der Waals surface area contributed by atoms with Crippen LogP contribution in [0.1, 0.15) is 31.5 Å². The van der Waals surface area contributed by atoms with Gasteiger partial charge < -0.3 is 10.1 Å². The molecular weight excluding hydrogens is 336 g/mol. The minimum atomic E-state index is 0.367. The van der Waals surface area contributed by atoms with Gasteiger partial charge in [0, 0.05) is 18.0 Å². The standard InChI is InChI=1S/C18H18N4O2S/c23-11-21-18-22-15-6-5-12(7-16(15)25-18)13-8-19-17(20-9-13)10-24-14-3-1-2-4-14/h5-9,11,14H,1-4,10H2,(H,21,22,23). The minimum Gasteiger partial charge on any atom is -0.370 e. The van der Waals surface area contributed by atoms with Crippen LogP contribution in [0.3, 0.4) is 0 Å². The summed E-state index contributed by atoms with van der Waals surface area (Å²) in [7, 11) is 0. The van der Waals surface area contributed by atoms with Crippen molar-refractivity contribution in [3.63, 3.8) is 0 Å². The predicted molar refractivity (Wildman–Crippen MR) is 97.4 cm³/mol. The number of amides is 1. The number of anilines is 1. The molecular formula is C18H18N4O2S. The molecule has 4 rings (SSSR count). The van der Waals surface area contributed by atoms with Crippen molar-refractivity contribution in [3.8, 4) is 11.1 Å². The maximum atomic E-state index is 10.5. The van der Waals surface area contributed by atoms with Crippen molar-refractivity contribution in [2.75, 3.05) is 5.32 Å². The number of nitrogens with one attached hydrogen (secondary N) is 1. The Labute approximate surface area is 149 Å². The molecule has 7 heteroatoms. The number of hydrogen-bond acceptors (Lipinski definition) is 6. The molecule has 2 heterocycles. The smallest absolute Gasteiger partial charge is 0.213 e. The molecule has 0 saturated heterocycles. The molecule has 1 aliphatic carbocycles. The molecule has 1 saturated carbocycles. The number of rotatable bonds is 6. The lowest BCUT2D eigenvalue weighted by Gasteiger charge is -2.10. The van der Waals surface area contributed by atoms with Gasteiger partial charge >= 0.3 is 0 Å². The highest BCUT2D eigenvalue weighted by atomic mass is 32.1. The fourth-order valence-corrected chi connectivity index (χ4v) is 3.91. The highest BCUT2D eigenvalue weighted by Crippen LogP contribution is 2.30. The van der Waals surface area contributed by atoms with Crippen LogP contribution < -0.4 is 5.32 Å². The molecule has 0 atom stereocenters. The van der Waals surface area contributed by atoms with Crippen LogP contribution in [-0.2, 0) is 16.1 Å². The second kappa shape index (κ2) is 7.25. The van der Waals surface area contributed by atoms with Crippen molar-refractivity contribution in [3.05, 3.63) is 36.4 Å². The minimum absolute atomic E-state index is 0.367. The molecule has 1 aliphatic rings. The van der Waals surface area contributed by atoms with E-state index in [1.807, 2.05) is 30.6 Å². The van der Waals surface area contributed by atoms with Crippen LogP contribution in [0.2, 0.25) is 0 Å². The van der Waals surface area contributed by atoms with Crippen molar-refractivity contribution in [1.82, 2.24) is 15.0 Å². The van der Waals surface area contributed by atoms with E-state index in [1.165, 1.54) is 24.2 Å². The molecule has 6 nitrogen and oxygen atoms in total. The molecule has 1 amide bonds. The summed E-state index contributed by atoms with van der Waals surface area (Å²) in [5, 5.41) is 3.18. The molecule has 1 fully saturated rings. The Kier molecular flexibility index (Phi) is 4.67. The van der Waals surface area contributed by atoms with Gasteiger partial charge in [0.25, 0.3) is 0 Å². The number of fused-ring (bicyclic) bond motifs is 1. The Morgan fingerprint density at radius 3 is 2.76 bits per heavy atom. The third-order valence-corrected chi connectivity index (χ3v) is 5.31. The number of ether oxygens (including phenoxy) is 1. The molecule has 1 N–H and O–H groups in total. The molecule has 3 aromatic rings. The average Bonchev–Trinajstić information content (AvgIpc) is 3.29. The van der Waals surface area contributed by atoms with Gasteiger partial charge in [0.2, 0.25) is 6.41 Å². The van der Waals surface area contributed by atoms with Crippen LogP contribution in [0.4, 0.5) is 5.13 Å². The van der Waals surface area contributed by atoms with E-state index >= 15 is 0 Å². The topological polar surface area (TPSA) is 77.0 Å². The molecule has 0 bridgehead atoms. The van der Waals surface area contributed by atoms with E-state index in [0.717, 1.165) is 34.2 Å². The summed E-state index contributed by atoms with van der Waals surface area (Å²) in [5.41, 5.74) is 2.84. The van der Waals surface area contributed by atoms with Crippen LogP contribution in [-0.4, -0.2) is 27.5 Å². The number of thiazole rings is 1. The highest BCUT2D eigenvalue weighted by molar-refractivity contribution is 7.22. The summed E-state index contributed by atoms with van der Waals surface area (Å²) < 4.78 is 6.86. The summed E-state index contributed by atoms with van der Waals surface area (Å²) in [4.78, 5) is 23.7. The van der Waals surface area contributed by atoms with Crippen molar-refractivity contribution in [2.45, 2.75) is 38.4 Å². The van der Waals surface area contributed by atoms with E-state index < -0.39 is 0 Å². The van der Waals surface area contributed by atoms with Gasteiger partial charge in [-0.25, -0.2) is 15.0 Å². The van der Waals surface area contributed by atoms with Gasteiger partial charge in [-0.2, -0.15) is 0 Å². The highest BCUT2D eigenvalue weighted by Gasteiger charge is 2.15. The van der Waals surface area contributed by atoms with E-state index in [9.17, 15) is 4.79 Å². The van der Waals surface area contributed by atoms with Crippen LogP contribution in [0.15, 0.2) is 30.6 Å². The van der Waals surface area contributed by atoms with Crippen molar-refractivity contribution < 1.29 is 9.53 Å². The predicted octanol–water partition coefficient (Wildman–Crippen LogP) is 3.78. The second-order valence-electron chi connectivity index (χ2n) is 6.07. The third-order valence-electron chi connectivity index (χ3n) is 4.36. The summed E-state index contributed by atoms with van der Waals surface area (Å²) >= 11 is 1.44. The quantitative estimate of drug-likeness (QED) is 0.682. The largest absolute Gasteiger partial charge is 0.370 e. The fraction of sp³-hybridized carbons (Fsp3) is 0.333. The lowest BCUT2D eigenvalue weighted by Crippen LogP contribution is -2.09. The van der Waals surface area contributed by atoms with Gasteiger partial charge in [-0.05, 0) is 30.5 Å². The molecule has 0 aliphatic heterocycles. The lowest BCUT2D eigenvalue weighted by molar-refractivity contribution is -0.105. The molecule has 128 valence electrons. The van der Waals surface area contributed by atoms with Gasteiger partial charge in [-0.3, -0.25) is 4.79 Å². The first-order valence-corrected chi connectivity index (χ1v) is 9.17. The maximum Gasteiger partial charge on any atom is 0.213 e. The third kappa shape index (κ3) is 3.67. The Balaban J connectivity index is 1.48. The number of benzene rings is 1. The molecule has 1 aromatic carbocycles. The SMILES string of the molecule is O=CNc1nc2ccc(-c3cnc(COC4CCCC4)nc3)cc2s1. The van der Waals surface area contributed by atoms with Crippen molar-refractivity contribution >= 4 is 33.1 Å². The van der Waals surface area contributed by atoms with E-state index in [2.05, 4.69) is 20.3 Å². The van der Waals surface area contributed by atoms with E-state index in [0.29, 0.717) is 30.1 Å². The lowest BCUT2D eigenvalue weighted by atomic mass is 10.1. The summed E-state index contributed by atoms with van der Waals surface area (Å²) in [6.45, 7) is 0.472. The molecule has 25 heavy (non-hydrogen) atoms. The van der Waals surface area contributed by atoms with Crippen molar-refractivity contribution in [1.29, 1.82) is 0 Å². The number of carbonyl (C=O) groups excluding carboxylic acids is 1. The van der Waals surface area contributed by atoms with Gasteiger partial charge in [0.15, 0.2) is 11.0 Å². The number of aromatic nitrogens is 3. The van der Waals surface area contributed by atoms with Crippen molar-refractivity contribution in [2.24, 2.45) is 0 Å². The van der Waals surface area contributed by atoms with Crippen LogP contribution in [0.5, 0.6) is 0 Å². The van der Waals surface area contributed by atoms with Gasteiger partial charge in [0.05, 0.1) is 16.3 Å². The van der Waals surface area contributed by atoms with Gasteiger partial charge in [-0.15, -0.1) is 0 Å². The number of nitrogens with zero attached hydrogens (tertiary/aromatic N) is 3. The van der Waals surface area contributed by atoms with Gasteiger partial charge in [-0.1, -0.05) is 30.2 Å². The Bertz CT molecular complexity index is 872. The zero-order valence-electron chi connectivity index (χ0n) is 13.6. The number of hydrogen-bond donors (Lipinski definition) is 1. The van der Waals surface area contributed by atoms with Crippen LogP contribution in [0.25, 0.3) is 21.3 Å². The maximum absolute atomic E-state index is 10.5. The van der Waals surface area contributed by atoms with Crippen LogP contribution in [0, 0.1) is 0 Å². The first-order chi connectivity index (χ1) is 12.3. The Morgan fingerprint density at radius 1 is 1.20 bits per heavy atom. The van der Waals surface area contributed by atoms with E-state index in [-0.39, 0.29) is 0 Å². The summed E-state index contributed by atoms with van der Waals surface area (Å²) in [5.74, 6) is 0.715. The number of carbonyl (C=O) groups is 1. The van der Waals surface area contributed by atoms with E-state index in [4.69, 9.17) is 4.74 Å². The molecule has 0 spiro atoms. The zero-order chi connectivity index (χ0) is 17.1. The Morgan fingerprint density at radius 2 is 2.00 bits per heavy atom. The van der Waals surface area contributed by atoms with Gasteiger partial charge in [0.1, 0.15) is 6.61 Å². The second-order valence-corrected chi connectivity index (χ2v) is 7.10. The summed E-state index contributed by atoms with van der Waals surface area (Å²) in [6, 6.07) is 5.96.